The zero-order valence-electron chi connectivity index (χ0n) is 10.1. The van der Waals surface area contributed by atoms with E-state index in [0.29, 0.717) is 16.7 Å². The summed E-state index contributed by atoms with van der Waals surface area (Å²) in [7, 11) is 0. The summed E-state index contributed by atoms with van der Waals surface area (Å²) < 4.78 is 6.19. The summed E-state index contributed by atoms with van der Waals surface area (Å²) in [5.74, 6) is 1.18. The van der Waals surface area contributed by atoms with Gasteiger partial charge in [-0.2, -0.15) is 0 Å². The number of amides is 1. The molecule has 1 aromatic rings. The first-order chi connectivity index (χ1) is 8.56. The zero-order valence-corrected chi connectivity index (χ0v) is 12.4. The van der Waals surface area contributed by atoms with Crippen LogP contribution in [-0.4, -0.2) is 18.6 Å². The largest absolute Gasteiger partial charge is 0.483 e. The van der Waals surface area contributed by atoms with Crippen LogP contribution in [0.15, 0.2) is 22.7 Å². The molecular formula is C13H15BrClNO2. The van der Waals surface area contributed by atoms with Gasteiger partial charge in [0.05, 0.1) is 4.47 Å². The number of rotatable bonds is 5. The summed E-state index contributed by atoms with van der Waals surface area (Å²) in [4.78, 5) is 11.7. The maximum Gasteiger partial charge on any atom is 0.258 e. The van der Waals surface area contributed by atoms with Crippen LogP contribution in [0.4, 0.5) is 0 Å². The summed E-state index contributed by atoms with van der Waals surface area (Å²) in [6.45, 7) is 2.06. The smallest absolute Gasteiger partial charge is 0.258 e. The van der Waals surface area contributed by atoms with Crippen molar-refractivity contribution in [2.75, 3.05) is 6.61 Å². The summed E-state index contributed by atoms with van der Waals surface area (Å²) in [6, 6.07) is 5.45. The van der Waals surface area contributed by atoms with Gasteiger partial charge in [-0.15, -0.1) is 0 Å². The number of hydrogen-bond acceptors (Lipinski definition) is 2. The van der Waals surface area contributed by atoms with Crippen molar-refractivity contribution in [3.05, 3.63) is 27.7 Å². The number of carbonyl (C=O) groups excluding carboxylic acids is 1. The third kappa shape index (κ3) is 3.89. The fraction of sp³-hybridized carbons (Fsp3) is 0.462. The molecule has 18 heavy (non-hydrogen) atoms. The SMILES string of the molecule is C[C@@H](NC(=O)COc1ccc(Cl)cc1Br)C1CC1. The van der Waals surface area contributed by atoms with Crippen molar-refractivity contribution in [3.8, 4) is 5.75 Å². The highest BCUT2D eigenvalue weighted by Gasteiger charge is 2.28. The van der Waals surface area contributed by atoms with E-state index in [-0.39, 0.29) is 18.6 Å². The van der Waals surface area contributed by atoms with Crippen LogP contribution in [0.2, 0.25) is 5.02 Å². The fourth-order valence-corrected chi connectivity index (χ4v) is 2.54. The molecule has 1 N–H and O–H groups in total. The summed E-state index contributed by atoms with van der Waals surface area (Å²) in [5, 5.41) is 3.56. The average Bonchev–Trinajstić information content (AvgIpc) is 3.11. The standard InChI is InChI=1S/C13H15BrClNO2/c1-8(9-2-3-9)16-13(17)7-18-12-5-4-10(15)6-11(12)14/h4-6,8-9H,2-3,7H2,1H3,(H,16,17)/t8-/m1/s1. The van der Waals surface area contributed by atoms with Crippen molar-refractivity contribution in [1.29, 1.82) is 0 Å². The monoisotopic (exact) mass is 331 g/mol. The van der Waals surface area contributed by atoms with Crippen molar-refractivity contribution < 1.29 is 9.53 Å². The second-order valence-corrected chi connectivity index (χ2v) is 5.85. The molecule has 98 valence electrons. The van der Waals surface area contributed by atoms with Crippen LogP contribution in [-0.2, 0) is 4.79 Å². The summed E-state index contributed by atoms with van der Waals surface area (Å²) >= 11 is 9.17. The minimum atomic E-state index is -0.0868. The first-order valence-electron chi connectivity index (χ1n) is 5.93. The van der Waals surface area contributed by atoms with Gasteiger partial charge in [0.25, 0.3) is 5.91 Å². The lowest BCUT2D eigenvalue weighted by atomic mass is 10.2. The van der Waals surface area contributed by atoms with E-state index in [4.69, 9.17) is 16.3 Å². The van der Waals surface area contributed by atoms with Crippen LogP contribution in [0.25, 0.3) is 0 Å². The number of benzene rings is 1. The minimum Gasteiger partial charge on any atom is -0.483 e. The van der Waals surface area contributed by atoms with E-state index in [0.717, 1.165) is 4.47 Å². The molecule has 1 saturated carbocycles. The molecule has 1 atom stereocenters. The third-order valence-electron chi connectivity index (χ3n) is 2.97. The summed E-state index contributed by atoms with van der Waals surface area (Å²) in [6.07, 6.45) is 2.43. The molecule has 5 heteroatoms. The van der Waals surface area contributed by atoms with Gasteiger partial charge < -0.3 is 10.1 Å². The number of hydrogen-bond donors (Lipinski definition) is 1. The number of nitrogens with one attached hydrogen (secondary N) is 1. The zero-order chi connectivity index (χ0) is 13.1. The number of ether oxygens (including phenoxy) is 1. The lowest BCUT2D eigenvalue weighted by Gasteiger charge is -2.13. The molecule has 0 spiro atoms. The van der Waals surface area contributed by atoms with Crippen LogP contribution in [0.3, 0.4) is 0 Å². The Labute approximate surface area is 120 Å². The van der Waals surface area contributed by atoms with Gasteiger partial charge in [0.1, 0.15) is 5.75 Å². The highest BCUT2D eigenvalue weighted by Crippen LogP contribution is 2.32. The molecule has 2 rings (SSSR count). The van der Waals surface area contributed by atoms with Crippen LogP contribution in [0.5, 0.6) is 5.75 Å². The molecule has 1 aliphatic rings. The highest BCUT2D eigenvalue weighted by atomic mass is 79.9. The van der Waals surface area contributed by atoms with Crippen LogP contribution in [0, 0.1) is 5.92 Å². The Kier molecular flexibility index (Phi) is 4.51. The topological polar surface area (TPSA) is 38.3 Å². The van der Waals surface area contributed by atoms with Crippen molar-refractivity contribution in [3.63, 3.8) is 0 Å². The van der Waals surface area contributed by atoms with E-state index in [9.17, 15) is 4.79 Å². The normalized spacial score (nSPS) is 16.2. The quantitative estimate of drug-likeness (QED) is 0.897. The Balaban J connectivity index is 1.81. The van der Waals surface area contributed by atoms with Crippen molar-refractivity contribution in [2.24, 2.45) is 5.92 Å². The van der Waals surface area contributed by atoms with Gasteiger partial charge in [0.15, 0.2) is 6.61 Å². The molecule has 1 aromatic carbocycles. The Morgan fingerprint density at radius 3 is 2.94 bits per heavy atom. The molecule has 0 saturated heterocycles. The molecule has 1 fully saturated rings. The van der Waals surface area contributed by atoms with Crippen LogP contribution in [0.1, 0.15) is 19.8 Å². The predicted octanol–water partition coefficient (Wildman–Crippen LogP) is 3.40. The Morgan fingerprint density at radius 1 is 1.61 bits per heavy atom. The van der Waals surface area contributed by atoms with E-state index in [1.807, 2.05) is 6.92 Å². The number of carbonyl (C=O) groups is 1. The van der Waals surface area contributed by atoms with Gasteiger partial charge in [-0.1, -0.05) is 11.6 Å². The average molecular weight is 333 g/mol. The van der Waals surface area contributed by atoms with Gasteiger partial charge >= 0.3 is 0 Å². The summed E-state index contributed by atoms with van der Waals surface area (Å²) in [5.41, 5.74) is 0. The Bertz CT molecular complexity index is 449. The Hall–Kier alpha value is -0.740. The minimum absolute atomic E-state index is 0.0251. The van der Waals surface area contributed by atoms with Crippen LogP contribution < -0.4 is 10.1 Å². The van der Waals surface area contributed by atoms with Crippen LogP contribution >= 0.6 is 27.5 Å². The van der Waals surface area contributed by atoms with E-state index in [2.05, 4.69) is 21.2 Å². The molecule has 0 aliphatic heterocycles. The van der Waals surface area contributed by atoms with E-state index < -0.39 is 0 Å². The van der Waals surface area contributed by atoms with E-state index in [1.54, 1.807) is 18.2 Å². The van der Waals surface area contributed by atoms with Crippen molar-refractivity contribution in [2.45, 2.75) is 25.8 Å². The lowest BCUT2D eigenvalue weighted by molar-refractivity contribution is -0.123. The molecule has 0 aromatic heterocycles. The van der Waals surface area contributed by atoms with Gasteiger partial charge in [0, 0.05) is 11.1 Å². The lowest BCUT2D eigenvalue weighted by Crippen LogP contribution is -2.37. The van der Waals surface area contributed by atoms with Gasteiger partial charge in [-0.05, 0) is 59.8 Å². The maximum absolute atomic E-state index is 11.7. The molecule has 1 aliphatic carbocycles. The molecule has 0 bridgehead atoms. The van der Waals surface area contributed by atoms with Crippen molar-refractivity contribution in [1.82, 2.24) is 5.32 Å². The molecule has 1 amide bonds. The highest BCUT2D eigenvalue weighted by molar-refractivity contribution is 9.10. The van der Waals surface area contributed by atoms with E-state index >= 15 is 0 Å². The van der Waals surface area contributed by atoms with Gasteiger partial charge in [0.2, 0.25) is 0 Å². The first-order valence-corrected chi connectivity index (χ1v) is 7.10. The predicted molar refractivity (Wildman–Crippen MR) is 75.0 cm³/mol. The third-order valence-corrected chi connectivity index (χ3v) is 3.83. The van der Waals surface area contributed by atoms with Gasteiger partial charge in [-0.3, -0.25) is 4.79 Å². The molecule has 0 unspecified atom stereocenters. The molecule has 0 radical (unpaired) electrons. The molecule has 3 nitrogen and oxygen atoms in total. The van der Waals surface area contributed by atoms with E-state index in [1.165, 1.54) is 12.8 Å². The Morgan fingerprint density at radius 2 is 2.33 bits per heavy atom. The molecule has 0 heterocycles. The maximum atomic E-state index is 11.7. The second kappa shape index (κ2) is 5.93. The van der Waals surface area contributed by atoms with Crippen molar-refractivity contribution >= 4 is 33.4 Å². The fourth-order valence-electron chi connectivity index (χ4n) is 1.75. The van der Waals surface area contributed by atoms with Gasteiger partial charge in [-0.25, -0.2) is 0 Å². The second-order valence-electron chi connectivity index (χ2n) is 4.56. The first kappa shape index (κ1) is 13.7. The molecular weight excluding hydrogens is 318 g/mol. The number of halogens is 2.